The number of ether oxygens (including phenoxy) is 1. The van der Waals surface area contributed by atoms with E-state index in [2.05, 4.69) is 0 Å². The maximum absolute atomic E-state index is 12.6. The first kappa shape index (κ1) is 16.8. The predicted molar refractivity (Wildman–Crippen MR) is 91.9 cm³/mol. The van der Waals surface area contributed by atoms with E-state index in [0.717, 1.165) is 37.9 Å². The summed E-state index contributed by atoms with van der Waals surface area (Å²) in [5.74, 6) is 0.448. The lowest BCUT2D eigenvalue weighted by molar-refractivity contribution is -0.132. The van der Waals surface area contributed by atoms with Gasteiger partial charge in [-0.1, -0.05) is 13.0 Å². The van der Waals surface area contributed by atoms with Crippen molar-refractivity contribution in [3.8, 4) is 5.75 Å². The van der Waals surface area contributed by atoms with E-state index in [9.17, 15) is 9.59 Å². The number of likely N-dealkylation sites (tertiary alicyclic amines) is 1. The second-order valence-corrected chi connectivity index (χ2v) is 6.45. The fraction of sp³-hybridized carbons (Fsp3) is 0.556. The van der Waals surface area contributed by atoms with Gasteiger partial charge in [-0.05, 0) is 43.4 Å². The molecule has 6 nitrogen and oxygen atoms in total. The van der Waals surface area contributed by atoms with E-state index in [1.807, 2.05) is 30.0 Å². The van der Waals surface area contributed by atoms with Crippen LogP contribution in [0.4, 0.5) is 5.69 Å². The highest BCUT2D eigenvalue weighted by atomic mass is 16.5. The molecular formula is C18H25N3O3. The molecule has 0 saturated carbocycles. The molecular weight excluding hydrogens is 306 g/mol. The number of anilines is 1. The second kappa shape index (κ2) is 7.21. The van der Waals surface area contributed by atoms with E-state index in [1.54, 1.807) is 4.90 Å². The molecule has 1 saturated heterocycles. The first-order chi connectivity index (χ1) is 11.6. The first-order valence-corrected chi connectivity index (χ1v) is 8.70. The molecule has 0 aromatic heterocycles. The normalized spacial score (nSPS) is 18.8. The van der Waals surface area contributed by atoms with Gasteiger partial charge in [0.1, 0.15) is 12.3 Å². The number of benzene rings is 1. The van der Waals surface area contributed by atoms with Gasteiger partial charge in [0.15, 0.2) is 6.61 Å². The number of rotatable bonds is 4. The minimum absolute atomic E-state index is 0.00101. The van der Waals surface area contributed by atoms with Crippen molar-refractivity contribution in [2.24, 2.45) is 5.73 Å². The zero-order chi connectivity index (χ0) is 17.1. The quantitative estimate of drug-likeness (QED) is 0.913. The minimum atomic E-state index is -0.185. The summed E-state index contributed by atoms with van der Waals surface area (Å²) in [5.41, 5.74) is 7.71. The Kier molecular flexibility index (Phi) is 5.04. The van der Waals surface area contributed by atoms with Crippen LogP contribution in [0.5, 0.6) is 5.75 Å². The van der Waals surface area contributed by atoms with Crippen molar-refractivity contribution in [1.29, 1.82) is 0 Å². The maximum atomic E-state index is 12.6. The summed E-state index contributed by atoms with van der Waals surface area (Å²) in [5, 5.41) is 0. The Morgan fingerprint density at radius 2 is 2.04 bits per heavy atom. The van der Waals surface area contributed by atoms with E-state index in [0.29, 0.717) is 11.4 Å². The van der Waals surface area contributed by atoms with E-state index < -0.39 is 0 Å². The molecule has 2 N–H and O–H groups in total. The Bertz CT molecular complexity index is 626. The fourth-order valence-corrected chi connectivity index (χ4v) is 3.24. The second-order valence-electron chi connectivity index (χ2n) is 6.45. The number of piperidine rings is 1. The Hall–Kier alpha value is -2.08. The van der Waals surface area contributed by atoms with Crippen molar-refractivity contribution in [3.63, 3.8) is 0 Å². The Morgan fingerprint density at radius 1 is 1.29 bits per heavy atom. The summed E-state index contributed by atoms with van der Waals surface area (Å²) in [6.45, 7) is 3.62. The van der Waals surface area contributed by atoms with Crippen LogP contribution in [0.3, 0.4) is 0 Å². The number of amides is 2. The topological polar surface area (TPSA) is 75.9 Å². The fourth-order valence-electron chi connectivity index (χ4n) is 3.24. The molecule has 1 atom stereocenters. The van der Waals surface area contributed by atoms with Crippen LogP contribution in [0.15, 0.2) is 18.2 Å². The molecule has 2 heterocycles. The summed E-state index contributed by atoms with van der Waals surface area (Å²) in [7, 11) is 0. The van der Waals surface area contributed by atoms with Crippen LogP contribution in [-0.4, -0.2) is 43.0 Å². The molecule has 1 fully saturated rings. The van der Waals surface area contributed by atoms with Gasteiger partial charge in [-0.3, -0.25) is 14.5 Å². The van der Waals surface area contributed by atoms with Gasteiger partial charge in [0.05, 0.1) is 5.69 Å². The van der Waals surface area contributed by atoms with Crippen molar-refractivity contribution in [1.82, 2.24) is 4.90 Å². The summed E-state index contributed by atoms with van der Waals surface area (Å²) in [6.07, 6.45) is 4.05. The Morgan fingerprint density at radius 3 is 2.75 bits per heavy atom. The molecule has 0 spiro atoms. The number of carbonyl (C=O) groups excluding carboxylic acids is 2. The van der Waals surface area contributed by atoms with Crippen molar-refractivity contribution < 1.29 is 14.3 Å². The van der Waals surface area contributed by atoms with Gasteiger partial charge in [0.2, 0.25) is 5.91 Å². The Balaban J connectivity index is 1.82. The molecule has 1 aromatic rings. The van der Waals surface area contributed by atoms with Gasteiger partial charge < -0.3 is 15.4 Å². The third kappa shape index (κ3) is 3.38. The van der Waals surface area contributed by atoms with Gasteiger partial charge in [-0.25, -0.2) is 0 Å². The van der Waals surface area contributed by atoms with E-state index in [1.165, 1.54) is 6.42 Å². The van der Waals surface area contributed by atoms with Crippen LogP contribution in [0, 0.1) is 0 Å². The molecule has 0 radical (unpaired) electrons. The molecule has 3 rings (SSSR count). The van der Waals surface area contributed by atoms with Crippen LogP contribution in [0.2, 0.25) is 0 Å². The molecule has 24 heavy (non-hydrogen) atoms. The lowest BCUT2D eigenvalue weighted by Gasteiger charge is -2.33. The van der Waals surface area contributed by atoms with Gasteiger partial charge in [-0.2, -0.15) is 0 Å². The maximum Gasteiger partial charge on any atom is 0.265 e. The number of nitrogens with two attached hydrogens (primary N) is 1. The predicted octanol–water partition coefficient (Wildman–Crippen LogP) is 1.83. The molecule has 0 bridgehead atoms. The molecule has 1 unspecified atom stereocenters. The summed E-state index contributed by atoms with van der Waals surface area (Å²) in [6, 6.07) is 5.55. The summed E-state index contributed by atoms with van der Waals surface area (Å²) >= 11 is 0. The van der Waals surface area contributed by atoms with Crippen molar-refractivity contribution in [3.05, 3.63) is 23.8 Å². The Labute approximate surface area is 142 Å². The standard InChI is InChI=1S/C18H25N3O3/c1-2-14(19)13-6-7-16-15(10-13)21(18(23)12-24-16)11-17(22)20-8-4-3-5-9-20/h6-7,10,14H,2-5,8-9,11-12,19H2,1H3. The molecule has 6 heteroatoms. The zero-order valence-electron chi connectivity index (χ0n) is 14.2. The highest BCUT2D eigenvalue weighted by Gasteiger charge is 2.29. The van der Waals surface area contributed by atoms with Crippen LogP contribution in [0.1, 0.15) is 44.2 Å². The number of carbonyl (C=O) groups is 2. The molecule has 2 aliphatic rings. The highest BCUT2D eigenvalue weighted by molar-refractivity contribution is 6.02. The van der Waals surface area contributed by atoms with E-state index >= 15 is 0 Å². The average Bonchev–Trinajstić information content (AvgIpc) is 2.63. The van der Waals surface area contributed by atoms with Crippen LogP contribution in [-0.2, 0) is 9.59 Å². The minimum Gasteiger partial charge on any atom is -0.482 e. The van der Waals surface area contributed by atoms with Crippen molar-refractivity contribution in [2.45, 2.75) is 38.6 Å². The SMILES string of the molecule is CCC(N)c1ccc2c(c1)N(CC(=O)N1CCCCC1)C(=O)CO2. The molecule has 0 aliphatic carbocycles. The third-order valence-electron chi connectivity index (χ3n) is 4.80. The number of hydrogen-bond acceptors (Lipinski definition) is 4. The van der Waals surface area contributed by atoms with Crippen molar-refractivity contribution >= 4 is 17.5 Å². The largest absolute Gasteiger partial charge is 0.482 e. The average molecular weight is 331 g/mol. The molecule has 130 valence electrons. The van der Waals surface area contributed by atoms with Crippen molar-refractivity contribution in [2.75, 3.05) is 31.1 Å². The van der Waals surface area contributed by atoms with Gasteiger partial charge >= 0.3 is 0 Å². The van der Waals surface area contributed by atoms with E-state index in [4.69, 9.17) is 10.5 Å². The lowest BCUT2D eigenvalue weighted by Crippen LogP contribution is -2.47. The van der Waals surface area contributed by atoms with E-state index in [-0.39, 0.29) is 31.0 Å². The third-order valence-corrected chi connectivity index (χ3v) is 4.80. The summed E-state index contributed by atoms with van der Waals surface area (Å²) in [4.78, 5) is 28.3. The zero-order valence-corrected chi connectivity index (χ0v) is 14.2. The van der Waals surface area contributed by atoms with Crippen LogP contribution in [0.25, 0.3) is 0 Å². The first-order valence-electron chi connectivity index (χ1n) is 8.70. The summed E-state index contributed by atoms with van der Waals surface area (Å²) < 4.78 is 5.50. The van der Waals surface area contributed by atoms with Crippen LogP contribution < -0.4 is 15.4 Å². The highest BCUT2D eigenvalue weighted by Crippen LogP contribution is 2.34. The number of hydrogen-bond donors (Lipinski definition) is 1. The monoisotopic (exact) mass is 331 g/mol. The van der Waals surface area contributed by atoms with Gasteiger partial charge in [-0.15, -0.1) is 0 Å². The number of fused-ring (bicyclic) bond motifs is 1. The number of nitrogens with zero attached hydrogens (tertiary/aromatic N) is 2. The molecule has 2 aliphatic heterocycles. The van der Waals surface area contributed by atoms with Gasteiger partial charge in [0.25, 0.3) is 5.91 Å². The molecule has 2 amide bonds. The van der Waals surface area contributed by atoms with Gasteiger partial charge in [0, 0.05) is 19.1 Å². The lowest BCUT2D eigenvalue weighted by atomic mass is 10.0. The molecule has 1 aromatic carbocycles. The van der Waals surface area contributed by atoms with Crippen LogP contribution >= 0.6 is 0 Å². The smallest absolute Gasteiger partial charge is 0.265 e.